The lowest BCUT2D eigenvalue weighted by atomic mass is 10.2. The van der Waals surface area contributed by atoms with Crippen molar-refractivity contribution in [2.45, 2.75) is 20.4 Å². The number of aryl methyl sites for hydroxylation is 2. The highest BCUT2D eigenvalue weighted by atomic mass is 16.1. The van der Waals surface area contributed by atoms with Crippen LogP contribution in [0.5, 0.6) is 0 Å². The lowest BCUT2D eigenvalue weighted by Crippen LogP contribution is -2.16. The van der Waals surface area contributed by atoms with E-state index in [0.717, 1.165) is 11.5 Å². The van der Waals surface area contributed by atoms with Crippen LogP contribution in [-0.2, 0) is 6.54 Å². The van der Waals surface area contributed by atoms with Gasteiger partial charge in [0.05, 0.1) is 5.69 Å². The van der Waals surface area contributed by atoms with Gasteiger partial charge in [-0.1, -0.05) is 30.3 Å². The number of benzene rings is 1. The molecule has 6 heteroatoms. The molecule has 0 aliphatic carbocycles. The van der Waals surface area contributed by atoms with Crippen LogP contribution in [0.25, 0.3) is 5.95 Å². The van der Waals surface area contributed by atoms with E-state index in [0.29, 0.717) is 18.2 Å². The lowest BCUT2D eigenvalue weighted by molar-refractivity contribution is 0.784. The van der Waals surface area contributed by atoms with Gasteiger partial charge in [-0.05, 0) is 19.4 Å². The van der Waals surface area contributed by atoms with E-state index in [1.165, 1.54) is 11.6 Å². The molecule has 6 nitrogen and oxygen atoms in total. The number of anilines is 1. The zero-order chi connectivity index (χ0) is 15.5. The minimum Gasteiger partial charge on any atom is -0.366 e. The summed E-state index contributed by atoms with van der Waals surface area (Å²) in [6.07, 6.45) is 0. The van der Waals surface area contributed by atoms with Gasteiger partial charge in [-0.25, -0.2) is 4.98 Å². The average molecular weight is 295 g/mol. The van der Waals surface area contributed by atoms with Crippen molar-refractivity contribution < 1.29 is 0 Å². The molecule has 0 amide bonds. The van der Waals surface area contributed by atoms with E-state index < -0.39 is 0 Å². The molecule has 3 rings (SSSR count). The maximum atomic E-state index is 11.6. The molecule has 0 aliphatic heterocycles. The van der Waals surface area contributed by atoms with Gasteiger partial charge in [0.1, 0.15) is 5.82 Å². The van der Waals surface area contributed by atoms with Gasteiger partial charge in [0.15, 0.2) is 0 Å². The molecule has 22 heavy (non-hydrogen) atoms. The van der Waals surface area contributed by atoms with E-state index in [1.807, 2.05) is 43.3 Å². The molecular formula is C16H17N5O. The molecule has 0 bridgehead atoms. The first-order chi connectivity index (χ1) is 10.6. The zero-order valence-electron chi connectivity index (χ0n) is 12.5. The predicted molar refractivity (Wildman–Crippen MR) is 85.2 cm³/mol. The first-order valence-electron chi connectivity index (χ1n) is 7.04. The van der Waals surface area contributed by atoms with Crippen LogP contribution in [0.1, 0.15) is 17.0 Å². The van der Waals surface area contributed by atoms with Crippen molar-refractivity contribution in [1.29, 1.82) is 0 Å². The third kappa shape index (κ3) is 3.06. The van der Waals surface area contributed by atoms with E-state index in [1.54, 1.807) is 11.6 Å². The molecule has 0 aliphatic rings. The molecule has 3 aromatic rings. The van der Waals surface area contributed by atoms with Gasteiger partial charge in [0, 0.05) is 24.4 Å². The van der Waals surface area contributed by atoms with Crippen molar-refractivity contribution in [2.24, 2.45) is 0 Å². The predicted octanol–water partition coefficient (Wildman–Crippen LogP) is 2.18. The number of hydrogen-bond acceptors (Lipinski definition) is 4. The van der Waals surface area contributed by atoms with Crippen molar-refractivity contribution in [1.82, 2.24) is 19.7 Å². The molecule has 2 N–H and O–H groups in total. The van der Waals surface area contributed by atoms with Gasteiger partial charge < -0.3 is 5.32 Å². The summed E-state index contributed by atoms with van der Waals surface area (Å²) in [5.41, 5.74) is 2.48. The Bertz CT molecular complexity index is 835. The fourth-order valence-electron chi connectivity index (χ4n) is 2.24. The van der Waals surface area contributed by atoms with Crippen molar-refractivity contribution in [2.75, 3.05) is 5.32 Å². The van der Waals surface area contributed by atoms with Gasteiger partial charge in [-0.15, -0.1) is 0 Å². The van der Waals surface area contributed by atoms with E-state index >= 15 is 0 Å². The quantitative estimate of drug-likeness (QED) is 0.773. The summed E-state index contributed by atoms with van der Waals surface area (Å²) in [6, 6.07) is 13.5. The van der Waals surface area contributed by atoms with Crippen LogP contribution in [0.3, 0.4) is 0 Å². The molecular weight excluding hydrogens is 278 g/mol. The van der Waals surface area contributed by atoms with Crippen LogP contribution >= 0.6 is 0 Å². The van der Waals surface area contributed by atoms with Gasteiger partial charge in [0.2, 0.25) is 5.95 Å². The third-order valence-corrected chi connectivity index (χ3v) is 3.21. The number of nitrogens with zero attached hydrogens (tertiary/aromatic N) is 3. The van der Waals surface area contributed by atoms with Gasteiger partial charge in [0.25, 0.3) is 5.56 Å². The highest BCUT2D eigenvalue weighted by molar-refractivity contribution is 5.42. The van der Waals surface area contributed by atoms with Gasteiger partial charge in [-0.3, -0.25) is 9.78 Å². The van der Waals surface area contributed by atoms with Crippen molar-refractivity contribution in [3.63, 3.8) is 0 Å². The third-order valence-electron chi connectivity index (χ3n) is 3.21. The zero-order valence-corrected chi connectivity index (χ0v) is 12.5. The SMILES string of the molecule is Cc1cc(=O)[nH]c(-n2nc(C)cc2NCc2ccccc2)n1. The number of aromatic nitrogens is 4. The Morgan fingerprint density at radius 2 is 1.91 bits per heavy atom. The first kappa shape index (κ1) is 14.1. The smallest absolute Gasteiger partial charge is 0.252 e. The molecule has 2 aromatic heterocycles. The Labute approximate surface area is 127 Å². The van der Waals surface area contributed by atoms with Crippen LogP contribution in [0.15, 0.2) is 47.3 Å². The molecule has 2 heterocycles. The minimum atomic E-state index is -0.190. The Morgan fingerprint density at radius 3 is 2.64 bits per heavy atom. The van der Waals surface area contributed by atoms with Crippen LogP contribution < -0.4 is 10.9 Å². The van der Waals surface area contributed by atoms with E-state index in [2.05, 4.69) is 20.4 Å². The second-order valence-electron chi connectivity index (χ2n) is 5.13. The number of rotatable bonds is 4. The highest BCUT2D eigenvalue weighted by Gasteiger charge is 2.10. The summed E-state index contributed by atoms with van der Waals surface area (Å²) < 4.78 is 1.62. The molecule has 0 spiro atoms. The van der Waals surface area contributed by atoms with Crippen LogP contribution in [0, 0.1) is 13.8 Å². The molecule has 0 atom stereocenters. The van der Waals surface area contributed by atoms with Crippen LogP contribution in [0.4, 0.5) is 5.82 Å². The summed E-state index contributed by atoms with van der Waals surface area (Å²) in [5.74, 6) is 1.20. The standard InChI is InChI=1S/C16H17N5O/c1-11-9-15(22)19-16(18-11)21-14(8-12(2)20-21)17-10-13-6-4-3-5-7-13/h3-9,17H,10H2,1-2H3,(H,18,19,22). The summed E-state index contributed by atoms with van der Waals surface area (Å²) >= 11 is 0. The van der Waals surface area contributed by atoms with Gasteiger partial charge >= 0.3 is 0 Å². The lowest BCUT2D eigenvalue weighted by Gasteiger charge is -2.09. The highest BCUT2D eigenvalue weighted by Crippen LogP contribution is 2.15. The number of hydrogen-bond donors (Lipinski definition) is 2. The number of aromatic amines is 1. The molecule has 0 fully saturated rings. The van der Waals surface area contributed by atoms with E-state index in [-0.39, 0.29) is 5.56 Å². The van der Waals surface area contributed by atoms with Gasteiger partial charge in [-0.2, -0.15) is 9.78 Å². The van der Waals surface area contributed by atoms with Crippen LogP contribution in [0.2, 0.25) is 0 Å². The van der Waals surface area contributed by atoms with Crippen molar-refractivity contribution in [3.05, 3.63) is 69.8 Å². The Morgan fingerprint density at radius 1 is 1.14 bits per heavy atom. The fourth-order valence-corrected chi connectivity index (χ4v) is 2.24. The maximum Gasteiger partial charge on any atom is 0.252 e. The monoisotopic (exact) mass is 295 g/mol. The Balaban J connectivity index is 1.91. The largest absolute Gasteiger partial charge is 0.366 e. The minimum absolute atomic E-state index is 0.190. The average Bonchev–Trinajstić information content (AvgIpc) is 2.86. The fraction of sp³-hybridized carbons (Fsp3) is 0.188. The first-order valence-corrected chi connectivity index (χ1v) is 7.04. The summed E-state index contributed by atoms with van der Waals surface area (Å²) in [5, 5.41) is 7.72. The Hall–Kier alpha value is -2.89. The summed E-state index contributed by atoms with van der Waals surface area (Å²) in [6.45, 7) is 4.35. The molecule has 0 radical (unpaired) electrons. The van der Waals surface area contributed by atoms with E-state index in [9.17, 15) is 4.79 Å². The molecule has 0 saturated carbocycles. The second-order valence-corrected chi connectivity index (χ2v) is 5.13. The number of H-pyrrole nitrogens is 1. The molecule has 112 valence electrons. The molecule has 0 saturated heterocycles. The van der Waals surface area contributed by atoms with E-state index in [4.69, 9.17) is 0 Å². The number of nitrogens with one attached hydrogen (secondary N) is 2. The van der Waals surface area contributed by atoms with Crippen molar-refractivity contribution >= 4 is 5.82 Å². The normalized spacial score (nSPS) is 10.6. The van der Waals surface area contributed by atoms with Crippen LogP contribution in [-0.4, -0.2) is 19.7 Å². The Kier molecular flexibility index (Phi) is 3.74. The maximum absolute atomic E-state index is 11.6. The second kappa shape index (κ2) is 5.85. The summed E-state index contributed by atoms with van der Waals surface area (Å²) in [7, 11) is 0. The summed E-state index contributed by atoms with van der Waals surface area (Å²) in [4.78, 5) is 18.7. The molecule has 0 unspecified atom stereocenters. The topological polar surface area (TPSA) is 75.6 Å². The van der Waals surface area contributed by atoms with Crippen molar-refractivity contribution in [3.8, 4) is 5.95 Å². The molecule has 1 aromatic carbocycles.